The molecule has 0 amide bonds. The van der Waals surface area contributed by atoms with Gasteiger partial charge in [-0.1, -0.05) is 63.1 Å². The summed E-state index contributed by atoms with van der Waals surface area (Å²) >= 11 is 0. The molecule has 7 nitrogen and oxygen atoms in total. The van der Waals surface area contributed by atoms with E-state index in [1.165, 1.54) is 34.4 Å². The van der Waals surface area contributed by atoms with E-state index in [4.69, 9.17) is 19.3 Å². The summed E-state index contributed by atoms with van der Waals surface area (Å²) in [5.74, 6) is 2.67. The number of carbonyl (C=O) groups is 1. The highest BCUT2D eigenvalue weighted by molar-refractivity contribution is 5.53. The second kappa shape index (κ2) is 17.4. The molecule has 0 radical (unpaired) electrons. The first kappa shape index (κ1) is 33.0. The zero-order chi connectivity index (χ0) is 30.3. The molecule has 3 aromatic carbocycles. The summed E-state index contributed by atoms with van der Waals surface area (Å²) < 4.78 is 16.8. The van der Waals surface area contributed by atoms with Crippen molar-refractivity contribution in [3.8, 4) is 17.2 Å². The van der Waals surface area contributed by atoms with E-state index in [0.29, 0.717) is 25.7 Å². The van der Waals surface area contributed by atoms with Crippen molar-refractivity contribution >= 4 is 12.0 Å². The second-order valence-corrected chi connectivity index (χ2v) is 10.6. The number of ether oxygens (including phenoxy) is 3. The van der Waals surface area contributed by atoms with Crippen molar-refractivity contribution in [2.24, 2.45) is 0 Å². The summed E-state index contributed by atoms with van der Waals surface area (Å²) in [5, 5.41) is 12.1. The highest BCUT2D eigenvalue weighted by atomic mass is 16.6. The standard InChI is InChI=1S/C22H25NO5.C10H15N.C3H8/c24-8-7-23-15-18(17-3-6-21-22(14-17)28-12-11-27-21)13-20(23)16-1-4-19(5-2-16)26-10-9-25;1-4-9-7-8(2)5-6-10(9)11-3;1-3-2/h1-6,8,14,18,20,25H,7,9-13,15H2;5-7,11H,4H2,1-3H3;3H2,1-2H3/t18-,20-;;/m1../s1. The average Bonchev–Trinajstić information content (AvgIpc) is 3.44. The van der Waals surface area contributed by atoms with E-state index in [0.717, 1.165) is 42.9 Å². The summed E-state index contributed by atoms with van der Waals surface area (Å²) in [4.78, 5) is 13.4. The molecule has 2 aliphatic heterocycles. The molecule has 2 N–H and O–H groups in total. The van der Waals surface area contributed by atoms with Crippen LogP contribution in [0.3, 0.4) is 0 Å². The van der Waals surface area contributed by atoms with Gasteiger partial charge in [0.2, 0.25) is 0 Å². The molecule has 0 unspecified atom stereocenters. The van der Waals surface area contributed by atoms with Gasteiger partial charge < -0.3 is 29.4 Å². The van der Waals surface area contributed by atoms with Crippen LogP contribution in [0.1, 0.15) is 67.8 Å². The SMILES string of the molecule is CCC.CCc1cc(C)ccc1NC.O=CCN1C[C@H](c2ccc3c(c2)OCCO3)C[C@@H]1c1ccc(OCCO)cc1. The molecule has 1 saturated heterocycles. The number of benzene rings is 3. The van der Waals surface area contributed by atoms with E-state index in [9.17, 15) is 4.79 Å². The quantitative estimate of drug-likeness (QED) is 0.279. The van der Waals surface area contributed by atoms with Gasteiger partial charge in [-0.05, 0) is 72.7 Å². The van der Waals surface area contributed by atoms with E-state index in [-0.39, 0.29) is 19.3 Å². The van der Waals surface area contributed by atoms with Crippen molar-refractivity contribution in [3.05, 3.63) is 82.9 Å². The minimum absolute atomic E-state index is 0.00526. The predicted molar refractivity (Wildman–Crippen MR) is 170 cm³/mol. The number of fused-ring (bicyclic) bond motifs is 1. The van der Waals surface area contributed by atoms with Crippen LogP contribution in [0.5, 0.6) is 17.2 Å². The summed E-state index contributed by atoms with van der Waals surface area (Å²) in [6.45, 7) is 11.2. The number of anilines is 1. The first-order chi connectivity index (χ1) is 20.5. The average molecular weight is 577 g/mol. The van der Waals surface area contributed by atoms with Crippen LogP contribution in [-0.4, -0.2) is 62.9 Å². The molecule has 2 aliphatic rings. The Morgan fingerprint density at radius 1 is 0.976 bits per heavy atom. The zero-order valence-electron chi connectivity index (χ0n) is 25.9. The molecule has 5 rings (SSSR count). The van der Waals surface area contributed by atoms with Crippen LogP contribution < -0.4 is 19.5 Å². The number of aryl methyl sites for hydroxylation is 2. The highest BCUT2D eigenvalue weighted by Gasteiger charge is 2.34. The molecule has 2 heterocycles. The van der Waals surface area contributed by atoms with Crippen molar-refractivity contribution in [1.29, 1.82) is 0 Å². The van der Waals surface area contributed by atoms with Crippen LogP contribution in [-0.2, 0) is 11.2 Å². The lowest BCUT2D eigenvalue weighted by Crippen LogP contribution is -2.25. The minimum Gasteiger partial charge on any atom is -0.491 e. The van der Waals surface area contributed by atoms with Gasteiger partial charge in [-0.15, -0.1) is 0 Å². The van der Waals surface area contributed by atoms with Gasteiger partial charge in [-0.3, -0.25) is 4.90 Å². The Morgan fingerprint density at radius 2 is 1.67 bits per heavy atom. The number of aliphatic hydroxyl groups excluding tert-OH is 1. The van der Waals surface area contributed by atoms with Crippen LogP contribution in [0, 0.1) is 6.92 Å². The molecular weight excluding hydrogens is 528 g/mol. The number of nitrogens with one attached hydrogen (secondary N) is 1. The summed E-state index contributed by atoms with van der Waals surface area (Å²) in [6, 6.07) is 20.7. The maximum atomic E-state index is 11.2. The van der Waals surface area contributed by atoms with Crippen molar-refractivity contribution in [2.75, 3.05) is 51.9 Å². The van der Waals surface area contributed by atoms with Gasteiger partial charge in [0, 0.05) is 25.3 Å². The van der Waals surface area contributed by atoms with Crippen molar-refractivity contribution in [1.82, 2.24) is 4.90 Å². The van der Waals surface area contributed by atoms with E-state index < -0.39 is 0 Å². The van der Waals surface area contributed by atoms with Crippen LogP contribution in [0.15, 0.2) is 60.7 Å². The molecule has 42 heavy (non-hydrogen) atoms. The predicted octanol–water partition coefficient (Wildman–Crippen LogP) is 6.57. The number of carbonyl (C=O) groups excluding carboxylic acids is 1. The Labute approximate surface area is 251 Å². The van der Waals surface area contributed by atoms with E-state index >= 15 is 0 Å². The van der Waals surface area contributed by atoms with Gasteiger partial charge in [0.05, 0.1) is 13.2 Å². The van der Waals surface area contributed by atoms with Crippen LogP contribution >= 0.6 is 0 Å². The molecule has 0 spiro atoms. The smallest absolute Gasteiger partial charge is 0.161 e. The van der Waals surface area contributed by atoms with Crippen LogP contribution in [0.2, 0.25) is 0 Å². The maximum absolute atomic E-state index is 11.2. The third-order valence-corrected chi connectivity index (χ3v) is 7.29. The molecule has 0 aliphatic carbocycles. The largest absolute Gasteiger partial charge is 0.491 e. The van der Waals surface area contributed by atoms with E-state index in [1.807, 2.05) is 37.4 Å². The molecule has 3 aromatic rings. The fraction of sp³-hybridized carbons (Fsp3) is 0.457. The van der Waals surface area contributed by atoms with Crippen LogP contribution in [0.4, 0.5) is 5.69 Å². The molecule has 1 fully saturated rings. The van der Waals surface area contributed by atoms with Crippen LogP contribution in [0.25, 0.3) is 0 Å². The Balaban J connectivity index is 0.000000288. The normalized spacial score (nSPS) is 17.3. The highest BCUT2D eigenvalue weighted by Crippen LogP contribution is 2.42. The Hall–Kier alpha value is -3.55. The first-order valence-corrected chi connectivity index (χ1v) is 15.2. The summed E-state index contributed by atoms with van der Waals surface area (Å²) in [6.07, 6.45) is 4.25. The lowest BCUT2D eigenvalue weighted by atomic mass is 9.93. The fourth-order valence-corrected chi connectivity index (χ4v) is 5.31. The van der Waals surface area contributed by atoms with Crippen molar-refractivity contribution in [2.45, 2.75) is 58.9 Å². The molecule has 0 aromatic heterocycles. The molecule has 0 saturated carbocycles. The maximum Gasteiger partial charge on any atom is 0.161 e. The van der Waals surface area contributed by atoms with Gasteiger partial charge in [-0.2, -0.15) is 0 Å². The third-order valence-electron chi connectivity index (χ3n) is 7.29. The molecule has 2 atom stereocenters. The Morgan fingerprint density at radius 3 is 2.31 bits per heavy atom. The summed E-state index contributed by atoms with van der Waals surface area (Å²) in [7, 11) is 1.96. The number of hydrogen-bond acceptors (Lipinski definition) is 7. The topological polar surface area (TPSA) is 80.3 Å². The third kappa shape index (κ3) is 9.23. The van der Waals surface area contributed by atoms with Gasteiger partial charge in [0.1, 0.15) is 31.9 Å². The second-order valence-electron chi connectivity index (χ2n) is 10.6. The molecule has 0 bridgehead atoms. The zero-order valence-corrected chi connectivity index (χ0v) is 25.9. The number of aliphatic hydroxyl groups is 1. The lowest BCUT2D eigenvalue weighted by Gasteiger charge is -2.22. The van der Waals surface area contributed by atoms with E-state index in [2.05, 4.69) is 68.2 Å². The number of aldehydes is 1. The first-order valence-electron chi connectivity index (χ1n) is 15.2. The summed E-state index contributed by atoms with van der Waals surface area (Å²) in [5.41, 5.74) is 6.36. The Kier molecular flexibility index (Phi) is 13.7. The van der Waals surface area contributed by atoms with Gasteiger partial charge in [0.25, 0.3) is 0 Å². The van der Waals surface area contributed by atoms with Gasteiger partial charge in [-0.25, -0.2) is 0 Å². The number of likely N-dealkylation sites (tertiary alicyclic amines) is 1. The lowest BCUT2D eigenvalue weighted by molar-refractivity contribution is -0.109. The number of nitrogens with zero attached hydrogens (tertiary/aromatic N) is 1. The molecular formula is C35H48N2O5. The molecule has 7 heteroatoms. The van der Waals surface area contributed by atoms with Crippen molar-refractivity contribution < 1.29 is 24.1 Å². The number of rotatable bonds is 9. The minimum atomic E-state index is -0.00526. The monoisotopic (exact) mass is 576 g/mol. The van der Waals surface area contributed by atoms with Gasteiger partial charge >= 0.3 is 0 Å². The van der Waals surface area contributed by atoms with Crippen molar-refractivity contribution in [3.63, 3.8) is 0 Å². The fourth-order valence-electron chi connectivity index (χ4n) is 5.31. The Bertz CT molecular complexity index is 1230. The van der Waals surface area contributed by atoms with Gasteiger partial charge in [0.15, 0.2) is 11.5 Å². The number of hydrogen-bond donors (Lipinski definition) is 2. The molecule has 228 valence electrons. The van der Waals surface area contributed by atoms with E-state index in [1.54, 1.807) is 0 Å².